The predicted molar refractivity (Wildman–Crippen MR) is 138 cm³/mol. The third-order valence-corrected chi connectivity index (χ3v) is 9.84. The van der Waals surface area contributed by atoms with E-state index in [0.29, 0.717) is 18.0 Å². The lowest BCUT2D eigenvalue weighted by atomic mass is 9.44. The number of halogens is 2. The Balaban J connectivity index is 0.919. The number of fused-ring (bicyclic) bond motifs is 2. The Morgan fingerprint density at radius 3 is 2.62 bits per heavy atom. The minimum Gasteiger partial charge on any atom is -0.484 e. The van der Waals surface area contributed by atoms with Gasteiger partial charge in [-0.25, -0.2) is 5.01 Å². The molecule has 39 heavy (non-hydrogen) atoms. The van der Waals surface area contributed by atoms with Crippen molar-refractivity contribution in [2.75, 3.05) is 19.7 Å². The first-order valence-corrected chi connectivity index (χ1v) is 14.6. The van der Waals surface area contributed by atoms with Crippen LogP contribution >= 0.6 is 0 Å². The largest absolute Gasteiger partial charge is 0.586 e. The number of alkyl halides is 2. The van der Waals surface area contributed by atoms with Gasteiger partial charge in [-0.05, 0) is 50.2 Å². The van der Waals surface area contributed by atoms with Gasteiger partial charge in [0.05, 0.1) is 12.2 Å². The Bertz CT molecular complexity index is 1090. The summed E-state index contributed by atoms with van der Waals surface area (Å²) in [6, 6.07) is 5.07. The molecular weight excluding hydrogens is 508 g/mol. The van der Waals surface area contributed by atoms with E-state index in [4.69, 9.17) is 4.74 Å². The Morgan fingerprint density at radius 2 is 1.85 bits per heavy atom. The maximum atomic E-state index is 13.2. The molecule has 2 bridgehead atoms. The van der Waals surface area contributed by atoms with Crippen molar-refractivity contribution in [3.05, 3.63) is 18.2 Å². The standard InChI is InChI=1S/C28H39F2N5O4/c1-17-23(18-6-4-2-3-5-7-18)24-25(31-10-11-35(24)34-17)33-27-14-26(15-27,16-27)32-22(36)13-37-19-8-9-20-21(12-19)39-28(29,30)38-20/h8-9,12,17-18,23-25,31,33-34H,2-7,10-11,13-16H2,1H3,(H,32,36). The summed E-state index contributed by atoms with van der Waals surface area (Å²) in [6.07, 6.45) is 7.42. The molecule has 0 radical (unpaired) electrons. The SMILES string of the molecule is CC1NN2CCNC(NC34CC(NC(=O)COc5ccc6c(c5)OC(F)(F)O6)(C3)C4)C2C1C1CCCCCC1. The summed E-state index contributed by atoms with van der Waals surface area (Å²) < 4.78 is 40.9. The molecule has 1 amide bonds. The van der Waals surface area contributed by atoms with Crippen molar-refractivity contribution in [3.63, 3.8) is 0 Å². The van der Waals surface area contributed by atoms with E-state index in [2.05, 4.69) is 42.8 Å². The quantitative estimate of drug-likeness (QED) is 0.387. The number of rotatable bonds is 7. The van der Waals surface area contributed by atoms with Gasteiger partial charge in [-0.1, -0.05) is 38.5 Å². The van der Waals surface area contributed by atoms with Gasteiger partial charge in [0.15, 0.2) is 18.1 Å². The van der Waals surface area contributed by atoms with Crippen LogP contribution in [0.4, 0.5) is 8.78 Å². The van der Waals surface area contributed by atoms with Gasteiger partial charge < -0.3 is 19.5 Å². The zero-order chi connectivity index (χ0) is 26.8. The first kappa shape index (κ1) is 25.7. The Hall–Kier alpha value is -2.21. The van der Waals surface area contributed by atoms with E-state index in [1.165, 1.54) is 56.7 Å². The molecule has 4 atom stereocenters. The molecule has 3 heterocycles. The molecule has 7 aliphatic rings. The van der Waals surface area contributed by atoms with E-state index in [1.807, 2.05) is 0 Å². The number of hydrogen-bond acceptors (Lipinski definition) is 8. The van der Waals surface area contributed by atoms with Crippen molar-refractivity contribution in [2.24, 2.45) is 11.8 Å². The van der Waals surface area contributed by atoms with E-state index in [-0.39, 0.29) is 47.0 Å². The van der Waals surface area contributed by atoms with E-state index >= 15 is 0 Å². The molecule has 3 aliphatic heterocycles. The highest BCUT2D eigenvalue weighted by Gasteiger charge is 2.69. The van der Waals surface area contributed by atoms with Crippen LogP contribution in [0.3, 0.4) is 0 Å². The van der Waals surface area contributed by atoms with E-state index in [9.17, 15) is 13.6 Å². The highest BCUT2D eigenvalue weighted by molar-refractivity contribution is 5.79. The number of carbonyl (C=O) groups is 1. The van der Waals surface area contributed by atoms with Gasteiger partial charge in [-0.2, -0.15) is 0 Å². The van der Waals surface area contributed by atoms with Crippen molar-refractivity contribution < 1.29 is 27.8 Å². The number of carbonyl (C=O) groups excluding carboxylic acids is 1. The molecule has 11 heteroatoms. The van der Waals surface area contributed by atoms with Crippen molar-refractivity contribution >= 4 is 5.91 Å². The van der Waals surface area contributed by atoms with Gasteiger partial charge >= 0.3 is 6.29 Å². The lowest BCUT2D eigenvalue weighted by Gasteiger charge is -2.71. The van der Waals surface area contributed by atoms with Gasteiger partial charge in [0.1, 0.15) is 5.75 Å². The number of amides is 1. The lowest BCUT2D eigenvalue weighted by Crippen LogP contribution is -2.86. The number of hydrogen-bond donors (Lipinski definition) is 4. The molecule has 214 valence electrons. The Morgan fingerprint density at radius 1 is 1.10 bits per heavy atom. The molecular formula is C28H39F2N5O4. The average Bonchev–Trinajstić information content (AvgIpc) is 3.20. The van der Waals surface area contributed by atoms with Crippen LogP contribution < -0.4 is 35.6 Å². The lowest BCUT2D eigenvalue weighted by molar-refractivity contribution is -0.286. The molecule has 2 saturated heterocycles. The van der Waals surface area contributed by atoms with Crippen LogP contribution in [0.2, 0.25) is 0 Å². The zero-order valence-electron chi connectivity index (χ0n) is 22.4. The minimum absolute atomic E-state index is 0.0533. The molecule has 4 saturated carbocycles. The second-order valence-corrected chi connectivity index (χ2v) is 12.7. The van der Waals surface area contributed by atoms with E-state index in [1.54, 1.807) is 0 Å². The number of piperazine rings is 1. The van der Waals surface area contributed by atoms with E-state index < -0.39 is 6.29 Å². The summed E-state index contributed by atoms with van der Waals surface area (Å²) >= 11 is 0. The highest BCUT2D eigenvalue weighted by atomic mass is 19.3. The van der Waals surface area contributed by atoms with Crippen molar-refractivity contribution in [1.29, 1.82) is 0 Å². The molecule has 0 spiro atoms. The first-order chi connectivity index (χ1) is 18.7. The van der Waals surface area contributed by atoms with Gasteiger partial charge in [0.25, 0.3) is 5.91 Å². The topological polar surface area (TPSA) is 96.1 Å². The van der Waals surface area contributed by atoms with Crippen LogP contribution in [0.1, 0.15) is 64.7 Å². The second-order valence-electron chi connectivity index (χ2n) is 12.7. The van der Waals surface area contributed by atoms with Crippen LogP contribution in [-0.4, -0.2) is 66.2 Å². The minimum atomic E-state index is -3.68. The van der Waals surface area contributed by atoms with Crippen LogP contribution in [0, 0.1) is 11.8 Å². The summed E-state index contributed by atoms with van der Waals surface area (Å²) in [4.78, 5) is 12.7. The molecule has 1 aromatic carbocycles. The smallest absolute Gasteiger partial charge is 0.484 e. The number of nitrogens with zero attached hydrogens (tertiary/aromatic N) is 1. The van der Waals surface area contributed by atoms with Gasteiger partial charge in [0.2, 0.25) is 0 Å². The number of benzene rings is 1. The Kier molecular flexibility index (Phi) is 6.22. The van der Waals surface area contributed by atoms with Gasteiger partial charge in [0, 0.05) is 36.3 Å². The highest BCUT2D eigenvalue weighted by Crippen LogP contribution is 2.60. The molecule has 4 aliphatic carbocycles. The summed E-state index contributed by atoms with van der Waals surface area (Å²) in [5, 5.41) is 13.4. The normalized spacial score (nSPS) is 38.7. The van der Waals surface area contributed by atoms with Crippen LogP contribution in [-0.2, 0) is 4.79 Å². The van der Waals surface area contributed by atoms with E-state index in [0.717, 1.165) is 38.3 Å². The predicted octanol–water partition coefficient (Wildman–Crippen LogP) is 2.86. The maximum Gasteiger partial charge on any atom is 0.586 e. The monoisotopic (exact) mass is 547 g/mol. The van der Waals surface area contributed by atoms with Crippen molar-refractivity contribution in [1.82, 2.24) is 26.4 Å². The van der Waals surface area contributed by atoms with Gasteiger partial charge in [-0.15, -0.1) is 8.78 Å². The average molecular weight is 548 g/mol. The number of nitrogens with one attached hydrogen (secondary N) is 4. The molecule has 8 rings (SSSR count). The summed E-state index contributed by atoms with van der Waals surface area (Å²) in [6.45, 7) is 4.15. The van der Waals surface area contributed by atoms with Crippen LogP contribution in [0.15, 0.2) is 18.2 Å². The fourth-order valence-electron chi connectivity index (χ4n) is 8.44. The molecule has 1 aromatic rings. The molecule has 4 N–H and O–H groups in total. The second kappa shape index (κ2) is 9.43. The third-order valence-electron chi connectivity index (χ3n) is 9.84. The van der Waals surface area contributed by atoms with Crippen LogP contribution in [0.25, 0.3) is 0 Å². The first-order valence-electron chi connectivity index (χ1n) is 14.6. The number of hydrazine groups is 1. The summed E-state index contributed by atoms with van der Waals surface area (Å²) in [7, 11) is 0. The molecule has 0 aromatic heterocycles. The van der Waals surface area contributed by atoms with Crippen LogP contribution in [0.5, 0.6) is 17.2 Å². The van der Waals surface area contributed by atoms with Gasteiger partial charge in [-0.3, -0.25) is 20.9 Å². The summed E-state index contributed by atoms with van der Waals surface area (Å²) in [5.41, 5.74) is 3.68. The summed E-state index contributed by atoms with van der Waals surface area (Å²) in [5.74, 6) is 1.31. The Labute approximate surface area is 227 Å². The third kappa shape index (κ3) is 4.75. The molecule has 9 nitrogen and oxygen atoms in total. The zero-order valence-corrected chi connectivity index (χ0v) is 22.4. The van der Waals surface area contributed by atoms with Crippen molar-refractivity contribution in [3.8, 4) is 17.2 Å². The maximum absolute atomic E-state index is 13.2. The molecule has 6 fully saturated rings. The van der Waals surface area contributed by atoms with Crippen molar-refractivity contribution in [2.45, 2.75) is 100 Å². The fraction of sp³-hybridized carbons (Fsp3) is 0.750. The molecule has 4 unspecified atom stereocenters. The fourth-order valence-corrected chi connectivity index (χ4v) is 8.44. The number of ether oxygens (including phenoxy) is 3.